The third-order valence-corrected chi connectivity index (χ3v) is 4.70. The maximum Gasteiger partial charge on any atom is 0.270 e. The third-order valence-electron chi connectivity index (χ3n) is 3.96. The van der Waals surface area contributed by atoms with Crippen molar-refractivity contribution in [2.45, 2.75) is 31.7 Å². The molecule has 2 aromatic rings. The number of alkyl halides is 2. The molecule has 0 fully saturated rings. The van der Waals surface area contributed by atoms with Crippen molar-refractivity contribution in [2.24, 2.45) is 5.73 Å². The summed E-state index contributed by atoms with van der Waals surface area (Å²) in [6.45, 7) is 0.881. The summed E-state index contributed by atoms with van der Waals surface area (Å²) in [6.07, 6.45) is 1.38. The summed E-state index contributed by atoms with van der Waals surface area (Å²) in [5.41, 5.74) is 8.69. The normalized spacial score (nSPS) is 13.0. The van der Waals surface area contributed by atoms with Gasteiger partial charge in [0, 0.05) is 31.3 Å². The summed E-state index contributed by atoms with van der Waals surface area (Å²) < 4.78 is 26.9. The number of nitrogens with two attached hydrogens (primary N) is 1. The number of aryl methyl sites for hydroxylation is 1. The summed E-state index contributed by atoms with van der Waals surface area (Å²) in [6, 6.07) is 9.74. The van der Waals surface area contributed by atoms with Gasteiger partial charge in [0.25, 0.3) is 5.92 Å². The standard InChI is InChI=1S/C18H20Cl2F2N2/c1-18(21,22)12-5-6-13(17(10-12)24-2)16(23)8-4-11-3-7-14(19)15(20)9-11/h3,5-7,9-10,16,24H,4,8,23H2,1-2H3. The van der Waals surface area contributed by atoms with Crippen LogP contribution in [-0.4, -0.2) is 7.05 Å². The van der Waals surface area contributed by atoms with E-state index in [0.29, 0.717) is 28.6 Å². The first kappa shape index (κ1) is 19.0. The van der Waals surface area contributed by atoms with E-state index in [9.17, 15) is 8.78 Å². The Balaban J connectivity index is 2.14. The smallest absolute Gasteiger partial charge is 0.270 e. The van der Waals surface area contributed by atoms with Gasteiger partial charge in [-0.1, -0.05) is 41.4 Å². The maximum absolute atomic E-state index is 13.5. The Kier molecular flexibility index (Phi) is 6.07. The molecule has 0 amide bonds. The van der Waals surface area contributed by atoms with Gasteiger partial charge in [-0.05, 0) is 42.2 Å². The number of benzene rings is 2. The molecule has 0 aliphatic rings. The molecule has 3 N–H and O–H groups in total. The zero-order valence-corrected chi connectivity index (χ0v) is 15.1. The van der Waals surface area contributed by atoms with E-state index in [1.807, 2.05) is 12.1 Å². The first-order valence-electron chi connectivity index (χ1n) is 7.62. The minimum atomic E-state index is -2.88. The monoisotopic (exact) mass is 372 g/mol. The second-order valence-corrected chi connectivity index (χ2v) is 6.65. The highest BCUT2D eigenvalue weighted by Crippen LogP contribution is 2.33. The summed E-state index contributed by atoms with van der Waals surface area (Å²) in [5, 5.41) is 3.97. The molecule has 0 radical (unpaired) electrons. The predicted molar refractivity (Wildman–Crippen MR) is 97.3 cm³/mol. The third kappa shape index (κ3) is 4.59. The average Bonchev–Trinajstić information content (AvgIpc) is 2.54. The Morgan fingerprint density at radius 3 is 2.42 bits per heavy atom. The van der Waals surface area contributed by atoms with Gasteiger partial charge in [0.05, 0.1) is 10.0 Å². The molecule has 1 unspecified atom stereocenters. The summed E-state index contributed by atoms with van der Waals surface area (Å²) in [7, 11) is 1.70. The highest BCUT2D eigenvalue weighted by Gasteiger charge is 2.25. The molecule has 0 saturated heterocycles. The van der Waals surface area contributed by atoms with Crippen LogP contribution in [0.25, 0.3) is 0 Å². The summed E-state index contributed by atoms with van der Waals surface area (Å²) in [5.74, 6) is -2.88. The van der Waals surface area contributed by atoms with Gasteiger partial charge in [-0.25, -0.2) is 8.78 Å². The van der Waals surface area contributed by atoms with Gasteiger partial charge in [-0.3, -0.25) is 0 Å². The van der Waals surface area contributed by atoms with Crippen molar-refractivity contribution in [1.82, 2.24) is 0 Å². The van der Waals surface area contributed by atoms with Crippen molar-refractivity contribution in [3.63, 3.8) is 0 Å². The van der Waals surface area contributed by atoms with Crippen LogP contribution in [0.15, 0.2) is 36.4 Å². The predicted octanol–water partition coefficient (Wildman–Crippen LogP) is 5.78. The molecule has 0 spiro atoms. The first-order valence-corrected chi connectivity index (χ1v) is 8.37. The molecule has 0 aliphatic carbocycles. The fourth-order valence-electron chi connectivity index (χ4n) is 2.54. The molecular formula is C18H20Cl2F2N2. The van der Waals surface area contributed by atoms with E-state index < -0.39 is 5.92 Å². The van der Waals surface area contributed by atoms with E-state index in [1.165, 1.54) is 12.1 Å². The van der Waals surface area contributed by atoms with Gasteiger partial charge in [0.1, 0.15) is 0 Å². The molecule has 0 aromatic heterocycles. The quantitative estimate of drug-likeness (QED) is 0.674. The Hall–Kier alpha value is -1.36. The number of hydrogen-bond acceptors (Lipinski definition) is 2. The minimum Gasteiger partial charge on any atom is -0.388 e. The van der Waals surface area contributed by atoms with E-state index in [4.69, 9.17) is 28.9 Å². The molecule has 2 rings (SSSR count). The van der Waals surface area contributed by atoms with Crippen LogP contribution >= 0.6 is 23.2 Å². The highest BCUT2D eigenvalue weighted by atomic mass is 35.5. The number of nitrogens with one attached hydrogen (secondary N) is 1. The van der Waals surface area contributed by atoms with E-state index >= 15 is 0 Å². The molecule has 0 saturated carbocycles. The van der Waals surface area contributed by atoms with Crippen LogP contribution in [0.5, 0.6) is 0 Å². The SMILES string of the molecule is CNc1cc(C(C)(F)F)ccc1C(N)CCc1ccc(Cl)c(Cl)c1. The van der Waals surface area contributed by atoms with E-state index in [-0.39, 0.29) is 11.6 Å². The second kappa shape index (κ2) is 7.68. The van der Waals surface area contributed by atoms with Crippen LogP contribution in [-0.2, 0) is 12.3 Å². The van der Waals surface area contributed by atoms with Crippen molar-refractivity contribution in [1.29, 1.82) is 0 Å². The van der Waals surface area contributed by atoms with Crippen molar-refractivity contribution in [3.8, 4) is 0 Å². The average molecular weight is 373 g/mol. The van der Waals surface area contributed by atoms with Crippen molar-refractivity contribution in [2.75, 3.05) is 12.4 Å². The lowest BCUT2D eigenvalue weighted by Crippen LogP contribution is -2.15. The molecule has 130 valence electrons. The Labute approximate surface area is 151 Å². The fourth-order valence-corrected chi connectivity index (χ4v) is 2.86. The molecule has 2 aromatic carbocycles. The molecule has 0 bridgehead atoms. The first-order chi connectivity index (χ1) is 11.2. The maximum atomic E-state index is 13.5. The number of rotatable bonds is 6. The largest absolute Gasteiger partial charge is 0.388 e. The zero-order chi connectivity index (χ0) is 17.9. The molecule has 0 heterocycles. The van der Waals surface area contributed by atoms with Gasteiger partial charge < -0.3 is 11.1 Å². The fraction of sp³-hybridized carbons (Fsp3) is 0.333. The molecular weight excluding hydrogens is 353 g/mol. The molecule has 0 aliphatic heterocycles. The lowest BCUT2D eigenvalue weighted by Gasteiger charge is -2.19. The van der Waals surface area contributed by atoms with Crippen LogP contribution in [0.4, 0.5) is 14.5 Å². The van der Waals surface area contributed by atoms with Crippen molar-refractivity contribution >= 4 is 28.9 Å². The minimum absolute atomic E-state index is 0.0349. The van der Waals surface area contributed by atoms with E-state index in [0.717, 1.165) is 18.1 Å². The Morgan fingerprint density at radius 2 is 1.83 bits per heavy atom. The summed E-state index contributed by atoms with van der Waals surface area (Å²) in [4.78, 5) is 0. The van der Waals surface area contributed by atoms with Gasteiger partial charge in [0.15, 0.2) is 0 Å². The van der Waals surface area contributed by atoms with Crippen molar-refractivity contribution in [3.05, 3.63) is 63.1 Å². The van der Waals surface area contributed by atoms with Crippen LogP contribution in [0.2, 0.25) is 10.0 Å². The second-order valence-electron chi connectivity index (χ2n) is 5.83. The Bertz CT molecular complexity index is 715. The number of halogens is 4. The van der Waals surface area contributed by atoms with Gasteiger partial charge in [-0.2, -0.15) is 0 Å². The molecule has 1 atom stereocenters. The molecule has 24 heavy (non-hydrogen) atoms. The lowest BCUT2D eigenvalue weighted by molar-refractivity contribution is 0.0175. The molecule has 2 nitrogen and oxygen atoms in total. The van der Waals surface area contributed by atoms with Crippen LogP contribution in [0.3, 0.4) is 0 Å². The summed E-state index contributed by atoms with van der Waals surface area (Å²) >= 11 is 11.9. The van der Waals surface area contributed by atoms with Crippen LogP contribution < -0.4 is 11.1 Å². The van der Waals surface area contributed by atoms with E-state index in [2.05, 4.69) is 5.32 Å². The van der Waals surface area contributed by atoms with Crippen LogP contribution in [0, 0.1) is 0 Å². The van der Waals surface area contributed by atoms with Crippen LogP contribution in [0.1, 0.15) is 36.1 Å². The Morgan fingerprint density at radius 1 is 1.12 bits per heavy atom. The molecule has 6 heteroatoms. The van der Waals surface area contributed by atoms with E-state index in [1.54, 1.807) is 19.2 Å². The highest BCUT2D eigenvalue weighted by molar-refractivity contribution is 6.42. The zero-order valence-electron chi connectivity index (χ0n) is 13.5. The van der Waals surface area contributed by atoms with Gasteiger partial charge >= 0.3 is 0 Å². The number of hydrogen-bond donors (Lipinski definition) is 2. The topological polar surface area (TPSA) is 38.0 Å². The lowest BCUT2D eigenvalue weighted by atomic mass is 9.96. The van der Waals surface area contributed by atoms with Gasteiger partial charge in [-0.15, -0.1) is 0 Å². The van der Waals surface area contributed by atoms with Gasteiger partial charge in [0.2, 0.25) is 0 Å². The number of anilines is 1. The van der Waals surface area contributed by atoms with Crippen molar-refractivity contribution < 1.29 is 8.78 Å².